The van der Waals surface area contributed by atoms with Crippen LogP contribution in [0.4, 0.5) is 10.5 Å². The van der Waals surface area contributed by atoms with E-state index in [1.165, 1.54) is 0 Å². The molecule has 1 aromatic carbocycles. The van der Waals surface area contributed by atoms with Gasteiger partial charge in [-0.25, -0.2) is 4.79 Å². The van der Waals surface area contributed by atoms with Crippen molar-refractivity contribution in [3.05, 3.63) is 29.8 Å². The van der Waals surface area contributed by atoms with Crippen LogP contribution in [0.25, 0.3) is 0 Å². The standard InChI is InChI=1S/C15H22N2O3/c1-11(2)12-6-4-5-7-13(12)16-15(18)17(3)10-14-19-8-9-20-14/h4-7,11,14H,8-10H2,1-3H3,(H,16,18). The number of urea groups is 1. The second-order valence-electron chi connectivity index (χ2n) is 5.22. The minimum absolute atomic E-state index is 0.155. The van der Waals surface area contributed by atoms with Gasteiger partial charge in [-0.3, -0.25) is 0 Å². The number of nitrogens with zero attached hydrogens (tertiary/aromatic N) is 1. The predicted octanol–water partition coefficient (Wildman–Crippen LogP) is 2.65. The van der Waals surface area contributed by atoms with Gasteiger partial charge in [0.1, 0.15) is 0 Å². The third kappa shape index (κ3) is 3.71. The zero-order valence-electron chi connectivity index (χ0n) is 12.3. The lowest BCUT2D eigenvalue weighted by Crippen LogP contribution is -2.37. The normalized spacial score (nSPS) is 15.6. The Balaban J connectivity index is 1.96. The van der Waals surface area contributed by atoms with Gasteiger partial charge in [-0.1, -0.05) is 32.0 Å². The molecule has 1 aliphatic heterocycles. The molecule has 0 bridgehead atoms. The summed E-state index contributed by atoms with van der Waals surface area (Å²) in [5, 5.41) is 2.94. The Morgan fingerprint density at radius 3 is 2.65 bits per heavy atom. The number of amides is 2. The van der Waals surface area contributed by atoms with Gasteiger partial charge >= 0.3 is 6.03 Å². The molecule has 0 aliphatic carbocycles. The molecule has 1 aliphatic rings. The summed E-state index contributed by atoms with van der Waals surface area (Å²) in [6, 6.07) is 7.70. The topological polar surface area (TPSA) is 50.8 Å². The second-order valence-corrected chi connectivity index (χ2v) is 5.22. The predicted molar refractivity (Wildman–Crippen MR) is 77.9 cm³/mol. The van der Waals surface area contributed by atoms with Crippen molar-refractivity contribution >= 4 is 11.7 Å². The quantitative estimate of drug-likeness (QED) is 0.921. The number of carbonyl (C=O) groups excluding carboxylic acids is 1. The van der Waals surface area contributed by atoms with E-state index in [2.05, 4.69) is 19.2 Å². The fourth-order valence-corrected chi connectivity index (χ4v) is 2.14. The number of para-hydroxylation sites is 1. The molecule has 1 fully saturated rings. The molecule has 5 heteroatoms. The van der Waals surface area contributed by atoms with E-state index >= 15 is 0 Å². The van der Waals surface area contributed by atoms with Crippen LogP contribution in [-0.4, -0.2) is 44.0 Å². The summed E-state index contributed by atoms with van der Waals surface area (Å²) in [4.78, 5) is 13.8. The summed E-state index contributed by atoms with van der Waals surface area (Å²) in [5.74, 6) is 0.360. The van der Waals surface area contributed by atoms with Crippen LogP contribution in [0, 0.1) is 0 Å². The number of ether oxygens (including phenoxy) is 2. The summed E-state index contributed by atoms with van der Waals surface area (Å²) >= 11 is 0. The number of carbonyl (C=O) groups is 1. The molecule has 1 heterocycles. The van der Waals surface area contributed by atoms with Crippen molar-refractivity contribution in [1.29, 1.82) is 0 Å². The first kappa shape index (κ1) is 14.8. The molecule has 0 unspecified atom stereocenters. The van der Waals surface area contributed by atoms with Crippen LogP contribution >= 0.6 is 0 Å². The Kier molecular flexibility index (Phi) is 4.98. The number of benzene rings is 1. The van der Waals surface area contributed by atoms with Gasteiger partial charge in [0, 0.05) is 12.7 Å². The second kappa shape index (κ2) is 6.72. The van der Waals surface area contributed by atoms with E-state index in [0.717, 1.165) is 11.3 Å². The number of hydrogen-bond acceptors (Lipinski definition) is 3. The number of hydrogen-bond donors (Lipinski definition) is 1. The molecule has 1 saturated heterocycles. The fraction of sp³-hybridized carbons (Fsp3) is 0.533. The van der Waals surface area contributed by atoms with E-state index in [0.29, 0.717) is 25.7 Å². The van der Waals surface area contributed by atoms with E-state index in [9.17, 15) is 4.79 Å². The van der Waals surface area contributed by atoms with Gasteiger partial charge in [0.15, 0.2) is 6.29 Å². The first-order valence-electron chi connectivity index (χ1n) is 6.92. The van der Waals surface area contributed by atoms with Crippen molar-refractivity contribution in [2.24, 2.45) is 0 Å². The zero-order chi connectivity index (χ0) is 14.5. The van der Waals surface area contributed by atoms with E-state index in [-0.39, 0.29) is 12.3 Å². The van der Waals surface area contributed by atoms with Crippen molar-refractivity contribution in [2.45, 2.75) is 26.1 Å². The monoisotopic (exact) mass is 278 g/mol. The summed E-state index contributed by atoms with van der Waals surface area (Å²) < 4.78 is 10.7. The molecular weight excluding hydrogens is 256 g/mol. The molecule has 0 saturated carbocycles. The maximum atomic E-state index is 12.2. The van der Waals surface area contributed by atoms with Crippen LogP contribution in [0.2, 0.25) is 0 Å². The summed E-state index contributed by atoms with van der Waals surface area (Å²) in [7, 11) is 1.73. The molecule has 110 valence electrons. The van der Waals surface area contributed by atoms with Crippen molar-refractivity contribution in [3.63, 3.8) is 0 Å². The van der Waals surface area contributed by atoms with Crippen molar-refractivity contribution in [3.8, 4) is 0 Å². The maximum absolute atomic E-state index is 12.2. The Bertz CT molecular complexity index is 456. The molecule has 0 radical (unpaired) electrons. The smallest absolute Gasteiger partial charge is 0.321 e. The van der Waals surface area contributed by atoms with Gasteiger partial charge in [-0.05, 0) is 17.5 Å². The largest absolute Gasteiger partial charge is 0.348 e. The first-order chi connectivity index (χ1) is 9.58. The summed E-state index contributed by atoms with van der Waals surface area (Å²) in [6.07, 6.45) is -0.314. The average molecular weight is 278 g/mol. The highest BCUT2D eigenvalue weighted by atomic mass is 16.7. The summed E-state index contributed by atoms with van der Waals surface area (Å²) in [5.41, 5.74) is 1.98. The minimum atomic E-state index is -0.314. The van der Waals surface area contributed by atoms with E-state index in [1.807, 2.05) is 24.3 Å². The van der Waals surface area contributed by atoms with Crippen LogP contribution in [-0.2, 0) is 9.47 Å². The Labute approximate surface area is 119 Å². The lowest BCUT2D eigenvalue weighted by molar-refractivity contribution is -0.0518. The van der Waals surface area contributed by atoms with Gasteiger partial charge in [-0.15, -0.1) is 0 Å². The molecular formula is C15H22N2O3. The first-order valence-corrected chi connectivity index (χ1v) is 6.92. The molecule has 0 atom stereocenters. The van der Waals surface area contributed by atoms with E-state index in [1.54, 1.807) is 11.9 Å². The third-order valence-electron chi connectivity index (χ3n) is 3.28. The molecule has 20 heavy (non-hydrogen) atoms. The lowest BCUT2D eigenvalue weighted by Gasteiger charge is -2.22. The SMILES string of the molecule is CC(C)c1ccccc1NC(=O)N(C)CC1OCCO1. The number of nitrogens with one attached hydrogen (secondary N) is 1. The fourth-order valence-electron chi connectivity index (χ4n) is 2.14. The zero-order valence-corrected chi connectivity index (χ0v) is 12.3. The van der Waals surface area contributed by atoms with Gasteiger partial charge in [0.2, 0.25) is 0 Å². The highest BCUT2D eigenvalue weighted by Crippen LogP contribution is 2.23. The number of rotatable bonds is 4. The van der Waals surface area contributed by atoms with Gasteiger partial charge in [0.05, 0.1) is 19.8 Å². The average Bonchev–Trinajstić information content (AvgIpc) is 2.91. The molecule has 2 amide bonds. The molecule has 0 aromatic heterocycles. The Morgan fingerprint density at radius 2 is 2.00 bits per heavy atom. The summed E-state index contributed by atoms with van der Waals surface area (Å²) in [6.45, 7) is 5.83. The van der Waals surface area contributed by atoms with Crippen LogP contribution in [0.3, 0.4) is 0 Å². The molecule has 2 rings (SSSR count). The highest BCUT2D eigenvalue weighted by Gasteiger charge is 2.21. The third-order valence-corrected chi connectivity index (χ3v) is 3.28. The molecule has 0 spiro atoms. The van der Waals surface area contributed by atoms with Crippen molar-refractivity contribution in [1.82, 2.24) is 4.90 Å². The van der Waals surface area contributed by atoms with Gasteiger partial charge in [-0.2, -0.15) is 0 Å². The van der Waals surface area contributed by atoms with Crippen LogP contribution in [0.5, 0.6) is 0 Å². The molecule has 1 N–H and O–H groups in total. The van der Waals surface area contributed by atoms with Gasteiger partial charge < -0.3 is 19.7 Å². The van der Waals surface area contributed by atoms with Crippen LogP contribution in [0.15, 0.2) is 24.3 Å². The van der Waals surface area contributed by atoms with E-state index in [4.69, 9.17) is 9.47 Å². The number of likely N-dealkylation sites (N-methyl/N-ethyl adjacent to an activating group) is 1. The Hall–Kier alpha value is -1.59. The Morgan fingerprint density at radius 1 is 1.35 bits per heavy atom. The van der Waals surface area contributed by atoms with Crippen molar-refractivity contribution < 1.29 is 14.3 Å². The highest BCUT2D eigenvalue weighted by molar-refractivity contribution is 5.90. The van der Waals surface area contributed by atoms with E-state index < -0.39 is 0 Å². The maximum Gasteiger partial charge on any atom is 0.321 e. The van der Waals surface area contributed by atoms with Crippen LogP contribution in [0.1, 0.15) is 25.3 Å². The molecule has 1 aromatic rings. The van der Waals surface area contributed by atoms with Crippen LogP contribution < -0.4 is 5.32 Å². The number of anilines is 1. The van der Waals surface area contributed by atoms with Crippen molar-refractivity contribution in [2.75, 3.05) is 32.1 Å². The van der Waals surface area contributed by atoms with Gasteiger partial charge in [0.25, 0.3) is 0 Å². The lowest BCUT2D eigenvalue weighted by atomic mass is 10.0. The molecule has 5 nitrogen and oxygen atoms in total. The minimum Gasteiger partial charge on any atom is -0.348 e.